The lowest BCUT2D eigenvalue weighted by Gasteiger charge is -2.07. The predicted octanol–water partition coefficient (Wildman–Crippen LogP) is 2.11. The number of nitrogens with one attached hydrogen (secondary N) is 3. The fourth-order valence-corrected chi connectivity index (χ4v) is 1.82. The summed E-state index contributed by atoms with van der Waals surface area (Å²) in [6, 6.07) is 7.14. The molecule has 0 aliphatic rings. The SMILES string of the molecule is CC(C)=CNNC(=O)CCNC(=O)c1ccccc1Br. The number of benzene rings is 1. The van der Waals surface area contributed by atoms with Gasteiger partial charge in [-0.3, -0.25) is 15.0 Å². The molecular weight excluding hydrogens is 322 g/mol. The molecule has 2 amide bonds. The van der Waals surface area contributed by atoms with Gasteiger partial charge in [-0.15, -0.1) is 0 Å². The van der Waals surface area contributed by atoms with Crippen molar-refractivity contribution in [2.75, 3.05) is 6.54 Å². The first-order valence-electron chi connectivity index (χ1n) is 6.21. The quantitative estimate of drug-likeness (QED) is 0.695. The molecule has 0 heterocycles. The zero-order chi connectivity index (χ0) is 15.0. The molecule has 0 radical (unpaired) electrons. The third-order valence-electron chi connectivity index (χ3n) is 2.33. The van der Waals surface area contributed by atoms with Gasteiger partial charge in [-0.05, 0) is 41.9 Å². The minimum absolute atomic E-state index is 0.185. The Morgan fingerprint density at radius 2 is 1.95 bits per heavy atom. The van der Waals surface area contributed by atoms with Gasteiger partial charge >= 0.3 is 0 Å². The number of hydrogen-bond donors (Lipinski definition) is 3. The van der Waals surface area contributed by atoms with Crippen molar-refractivity contribution in [1.82, 2.24) is 16.2 Å². The fraction of sp³-hybridized carbons (Fsp3) is 0.286. The Bertz CT molecular complexity index is 511. The van der Waals surface area contributed by atoms with Crippen LogP contribution in [0.1, 0.15) is 30.6 Å². The molecule has 0 bridgehead atoms. The average Bonchev–Trinajstić information content (AvgIpc) is 2.38. The Hall–Kier alpha value is -1.82. The molecule has 0 fully saturated rings. The first kappa shape index (κ1) is 16.2. The minimum Gasteiger partial charge on any atom is -0.351 e. The van der Waals surface area contributed by atoms with Crippen LogP contribution in [0.25, 0.3) is 0 Å². The van der Waals surface area contributed by atoms with Crippen molar-refractivity contribution in [3.8, 4) is 0 Å². The van der Waals surface area contributed by atoms with Gasteiger partial charge in [0.05, 0.1) is 5.56 Å². The van der Waals surface area contributed by atoms with Gasteiger partial charge in [0.15, 0.2) is 0 Å². The highest BCUT2D eigenvalue weighted by Crippen LogP contribution is 2.15. The Labute approximate surface area is 126 Å². The normalized spacial score (nSPS) is 9.55. The van der Waals surface area contributed by atoms with E-state index in [9.17, 15) is 9.59 Å². The van der Waals surface area contributed by atoms with Crippen LogP contribution in [0.5, 0.6) is 0 Å². The number of carbonyl (C=O) groups excluding carboxylic acids is 2. The van der Waals surface area contributed by atoms with Crippen molar-refractivity contribution < 1.29 is 9.59 Å². The molecule has 0 spiro atoms. The largest absolute Gasteiger partial charge is 0.351 e. The van der Waals surface area contributed by atoms with Crippen LogP contribution in [0.3, 0.4) is 0 Å². The van der Waals surface area contributed by atoms with E-state index in [1.165, 1.54) is 0 Å². The van der Waals surface area contributed by atoms with Gasteiger partial charge in [-0.25, -0.2) is 0 Å². The molecule has 1 aromatic carbocycles. The molecule has 1 rings (SSSR count). The van der Waals surface area contributed by atoms with E-state index in [1.807, 2.05) is 19.9 Å². The second-order valence-corrected chi connectivity index (χ2v) is 5.25. The van der Waals surface area contributed by atoms with Crippen molar-refractivity contribution >= 4 is 27.7 Å². The average molecular weight is 340 g/mol. The molecule has 0 saturated heterocycles. The lowest BCUT2D eigenvalue weighted by atomic mass is 10.2. The Morgan fingerprint density at radius 3 is 2.60 bits per heavy atom. The monoisotopic (exact) mass is 339 g/mol. The molecule has 20 heavy (non-hydrogen) atoms. The predicted molar refractivity (Wildman–Crippen MR) is 81.8 cm³/mol. The number of hydrazine groups is 1. The van der Waals surface area contributed by atoms with E-state index in [2.05, 4.69) is 32.1 Å². The van der Waals surface area contributed by atoms with Crippen LogP contribution >= 0.6 is 15.9 Å². The standard InChI is InChI=1S/C14H18BrN3O2/c1-10(2)9-17-18-13(19)7-8-16-14(20)11-5-3-4-6-12(11)15/h3-6,9,17H,7-8H2,1-2H3,(H,16,20)(H,18,19). The smallest absolute Gasteiger partial charge is 0.252 e. The second kappa shape index (κ2) is 8.37. The summed E-state index contributed by atoms with van der Waals surface area (Å²) in [4.78, 5) is 23.3. The molecule has 3 N–H and O–H groups in total. The van der Waals surface area contributed by atoms with Gasteiger partial charge in [-0.2, -0.15) is 0 Å². The van der Waals surface area contributed by atoms with Crippen LogP contribution in [0, 0.1) is 0 Å². The number of carbonyl (C=O) groups is 2. The van der Waals surface area contributed by atoms with Gasteiger partial charge in [0.2, 0.25) is 5.91 Å². The van der Waals surface area contributed by atoms with Crippen LogP contribution in [0.15, 0.2) is 40.5 Å². The van der Waals surface area contributed by atoms with Crippen molar-refractivity contribution in [3.05, 3.63) is 46.1 Å². The number of amides is 2. The van der Waals surface area contributed by atoms with Gasteiger partial charge in [0.25, 0.3) is 5.91 Å². The van der Waals surface area contributed by atoms with E-state index in [1.54, 1.807) is 24.4 Å². The fourth-order valence-electron chi connectivity index (χ4n) is 1.35. The van der Waals surface area contributed by atoms with E-state index in [0.29, 0.717) is 5.56 Å². The van der Waals surface area contributed by atoms with E-state index < -0.39 is 0 Å². The molecule has 1 aromatic rings. The molecular formula is C14H18BrN3O2. The molecule has 6 heteroatoms. The summed E-state index contributed by atoms with van der Waals surface area (Å²) in [7, 11) is 0. The van der Waals surface area contributed by atoms with Crippen molar-refractivity contribution in [2.45, 2.75) is 20.3 Å². The summed E-state index contributed by atoms with van der Waals surface area (Å²) >= 11 is 3.31. The maximum absolute atomic E-state index is 11.9. The lowest BCUT2D eigenvalue weighted by molar-refractivity contribution is -0.121. The molecule has 5 nitrogen and oxygen atoms in total. The summed E-state index contributed by atoms with van der Waals surface area (Å²) in [5.74, 6) is -0.391. The van der Waals surface area contributed by atoms with E-state index >= 15 is 0 Å². The van der Waals surface area contributed by atoms with Crippen LogP contribution in [0.4, 0.5) is 0 Å². The highest BCUT2D eigenvalue weighted by Gasteiger charge is 2.09. The van der Waals surface area contributed by atoms with Gasteiger partial charge in [0, 0.05) is 23.6 Å². The molecule has 0 atom stereocenters. The molecule has 0 aromatic heterocycles. The topological polar surface area (TPSA) is 70.2 Å². The Balaban J connectivity index is 2.31. The van der Waals surface area contributed by atoms with E-state index in [-0.39, 0.29) is 24.8 Å². The molecule has 108 valence electrons. The summed E-state index contributed by atoms with van der Waals surface area (Å²) in [6.45, 7) is 4.11. The van der Waals surface area contributed by atoms with E-state index in [0.717, 1.165) is 10.0 Å². The zero-order valence-electron chi connectivity index (χ0n) is 11.5. The maximum atomic E-state index is 11.9. The van der Waals surface area contributed by atoms with Gasteiger partial charge in [0.1, 0.15) is 0 Å². The van der Waals surface area contributed by atoms with Crippen LogP contribution in [-0.4, -0.2) is 18.4 Å². The Morgan fingerprint density at radius 1 is 1.25 bits per heavy atom. The minimum atomic E-state index is -0.206. The summed E-state index contributed by atoms with van der Waals surface area (Å²) < 4.78 is 0.729. The number of allylic oxidation sites excluding steroid dienone is 1. The first-order valence-corrected chi connectivity index (χ1v) is 7.00. The number of rotatable bonds is 6. The number of hydrogen-bond acceptors (Lipinski definition) is 3. The van der Waals surface area contributed by atoms with E-state index in [4.69, 9.17) is 0 Å². The third kappa shape index (κ3) is 5.88. The molecule has 0 saturated carbocycles. The lowest BCUT2D eigenvalue weighted by Crippen LogP contribution is -2.36. The molecule has 0 aliphatic heterocycles. The number of halogens is 1. The van der Waals surface area contributed by atoms with Crippen LogP contribution < -0.4 is 16.2 Å². The van der Waals surface area contributed by atoms with Crippen LogP contribution in [0.2, 0.25) is 0 Å². The highest BCUT2D eigenvalue weighted by molar-refractivity contribution is 9.10. The summed E-state index contributed by atoms with van der Waals surface area (Å²) in [6.07, 6.45) is 1.90. The third-order valence-corrected chi connectivity index (χ3v) is 3.02. The van der Waals surface area contributed by atoms with Gasteiger partial charge < -0.3 is 10.7 Å². The van der Waals surface area contributed by atoms with Crippen molar-refractivity contribution in [2.24, 2.45) is 0 Å². The molecule has 0 aliphatic carbocycles. The van der Waals surface area contributed by atoms with Gasteiger partial charge in [-0.1, -0.05) is 17.7 Å². The van der Waals surface area contributed by atoms with Crippen molar-refractivity contribution in [3.63, 3.8) is 0 Å². The van der Waals surface area contributed by atoms with Crippen molar-refractivity contribution in [1.29, 1.82) is 0 Å². The highest BCUT2D eigenvalue weighted by atomic mass is 79.9. The summed E-state index contributed by atoms with van der Waals surface area (Å²) in [5.41, 5.74) is 6.79. The first-order chi connectivity index (χ1) is 9.50. The zero-order valence-corrected chi connectivity index (χ0v) is 13.1. The summed E-state index contributed by atoms with van der Waals surface area (Å²) in [5, 5.41) is 2.70. The maximum Gasteiger partial charge on any atom is 0.252 e. The molecule has 0 unspecified atom stereocenters. The Kier molecular flexibility index (Phi) is 6.79. The van der Waals surface area contributed by atoms with Crippen LogP contribution in [-0.2, 0) is 4.79 Å². The second-order valence-electron chi connectivity index (χ2n) is 4.40.